The molecule has 2 aliphatic rings. The summed E-state index contributed by atoms with van der Waals surface area (Å²) in [5, 5.41) is 19.0. The van der Waals surface area contributed by atoms with Crippen LogP contribution in [0.25, 0.3) is 0 Å². The highest BCUT2D eigenvalue weighted by Gasteiger charge is 2.51. The molecule has 0 radical (unpaired) electrons. The minimum atomic E-state index is -0.987. The fraction of sp³-hybridized carbons (Fsp3) is 0.333. The summed E-state index contributed by atoms with van der Waals surface area (Å²) in [6.07, 6.45) is 6.23. The van der Waals surface area contributed by atoms with Crippen LogP contribution in [-0.2, 0) is 19.7 Å². The van der Waals surface area contributed by atoms with Crippen LogP contribution in [0, 0.1) is 29.5 Å². The highest BCUT2D eigenvalue weighted by molar-refractivity contribution is 6.31. The molecule has 8 nitrogen and oxygen atoms in total. The molecular weight excluding hydrogens is 531 g/mol. The first-order valence-electron chi connectivity index (χ1n) is 13.2. The van der Waals surface area contributed by atoms with Gasteiger partial charge in [0.15, 0.2) is 0 Å². The Morgan fingerprint density at radius 2 is 1.85 bits per heavy atom. The Hall–Kier alpha value is -4.00. The number of aromatic nitrogens is 5. The van der Waals surface area contributed by atoms with Gasteiger partial charge in [0, 0.05) is 31.9 Å². The fourth-order valence-electron chi connectivity index (χ4n) is 6.41. The minimum Gasteiger partial charge on any atom is -0.384 e. The number of aryl methyl sites for hydroxylation is 2. The van der Waals surface area contributed by atoms with Gasteiger partial charge < -0.3 is 15.0 Å². The molecule has 10 heteroatoms. The normalized spacial score (nSPS) is 23.5. The zero-order chi connectivity index (χ0) is 28.0. The molecule has 2 fully saturated rings. The van der Waals surface area contributed by atoms with Crippen molar-refractivity contribution in [1.29, 1.82) is 0 Å². The number of anilines is 1. The lowest BCUT2D eigenvalue weighted by atomic mass is 9.90. The number of nitrogens with one attached hydrogen (secondary N) is 1. The molecule has 2 unspecified atom stereocenters. The van der Waals surface area contributed by atoms with E-state index >= 15 is 0 Å². The number of benzene rings is 1. The van der Waals surface area contributed by atoms with Crippen LogP contribution in [0.2, 0.25) is 5.02 Å². The predicted octanol–water partition coefficient (Wildman–Crippen LogP) is 4.78. The second kappa shape index (κ2) is 10.2. The lowest BCUT2D eigenvalue weighted by Crippen LogP contribution is -2.26. The van der Waals surface area contributed by atoms with Gasteiger partial charge in [-0.25, -0.2) is 14.4 Å². The summed E-state index contributed by atoms with van der Waals surface area (Å²) >= 11 is 5.88. The van der Waals surface area contributed by atoms with E-state index < -0.39 is 11.4 Å². The Morgan fingerprint density at radius 1 is 1.10 bits per heavy atom. The first-order valence-corrected chi connectivity index (χ1v) is 13.6. The SMILES string of the molecule is Cn1cnc(C2CC3CC(O)(c4cc(C#Cc5ccccn5)nn4C)CC3C2)c1C(=O)Nc1ccc(F)c(Cl)c1. The summed E-state index contributed by atoms with van der Waals surface area (Å²) < 4.78 is 17.0. The summed E-state index contributed by atoms with van der Waals surface area (Å²) in [6.45, 7) is 0. The second-order valence-electron chi connectivity index (χ2n) is 10.8. The van der Waals surface area contributed by atoms with Gasteiger partial charge in [-0.3, -0.25) is 9.48 Å². The van der Waals surface area contributed by atoms with Gasteiger partial charge in [0.25, 0.3) is 5.91 Å². The largest absolute Gasteiger partial charge is 0.384 e. The van der Waals surface area contributed by atoms with Crippen molar-refractivity contribution in [2.24, 2.45) is 25.9 Å². The topological polar surface area (TPSA) is 97.9 Å². The Morgan fingerprint density at radius 3 is 2.55 bits per heavy atom. The molecule has 1 aromatic carbocycles. The zero-order valence-electron chi connectivity index (χ0n) is 22.1. The number of aliphatic hydroxyl groups is 1. The third kappa shape index (κ3) is 4.89. The number of rotatable bonds is 4. The van der Waals surface area contributed by atoms with Crippen LogP contribution in [0.3, 0.4) is 0 Å². The number of carbonyl (C=O) groups excluding carboxylic acids is 1. The van der Waals surface area contributed by atoms with Crippen molar-refractivity contribution in [1.82, 2.24) is 24.3 Å². The van der Waals surface area contributed by atoms with Crippen molar-refractivity contribution in [3.63, 3.8) is 0 Å². The van der Waals surface area contributed by atoms with Gasteiger partial charge in [-0.05, 0) is 85.8 Å². The van der Waals surface area contributed by atoms with E-state index in [4.69, 9.17) is 11.6 Å². The monoisotopic (exact) mass is 558 g/mol. The average Bonchev–Trinajstić information content (AvgIpc) is 3.67. The van der Waals surface area contributed by atoms with E-state index in [1.807, 2.05) is 31.3 Å². The molecule has 4 aromatic rings. The summed E-state index contributed by atoms with van der Waals surface area (Å²) in [6, 6.07) is 11.5. The summed E-state index contributed by atoms with van der Waals surface area (Å²) in [5.74, 6) is 5.90. The number of hydrogen-bond acceptors (Lipinski definition) is 5. The number of amides is 1. The maximum Gasteiger partial charge on any atom is 0.274 e. The van der Waals surface area contributed by atoms with E-state index in [-0.39, 0.29) is 16.8 Å². The van der Waals surface area contributed by atoms with Crippen molar-refractivity contribution in [3.05, 3.63) is 94.3 Å². The third-order valence-corrected chi connectivity index (χ3v) is 8.42. The van der Waals surface area contributed by atoms with Crippen molar-refractivity contribution in [2.45, 2.75) is 37.2 Å². The summed E-state index contributed by atoms with van der Waals surface area (Å²) in [7, 11) is 3.62. The molecule has 2 saturated carbocycles. The maximum absolute atomic E-state index is 13.6. The first kappa shape index (κ1) is 26.2. The van der Waals surface area contributed by atoms with E-state index in [1.165, 1.54) is 18.2 Å². The first-order chi connectivity index (χ1) is 19.2. The van der Waals surface area contributed by atoms with Gasteiger partial charge in [-0.15, -0.1) is 0 Å². The predicted molar refractivity (Wildman–Crippen MR) is 148 cm³/mol. The van der Waals surface area contributed by atoms with Crippen LogP contribution < -0.4 is 5.32 Å². The molecule has 204 valence electrons. The zero-order valence-corrected chi connectivity index (χ0v) is 22.9. The van der Waals surface area contributed by atoms with E-state index in [9.17, 15) is 14.3 Å². The quantitative estimate of drug-likeness (QED) is 0.351. The molecule has 6 rings (SSSR count). The number of pyridine rings is 1. The van der Waals surface area contributed by atoms with Crippen molar-refractivity contribution >= 4 is 23.2 Å². The Bertz CT molecular complexity index is 1640. The summed E-state index contributed by atoms with van der Waals surface area (Å²) in [4.78, 5) is 22.0. The number of hydrogen-bond donors (Lipinski definition) is 2. The van der Waals surface area contributed by atoms with Crippen LogP contribution in [0.15, 0.2) is 55.0 Å². The van der Waals surface area contributed by atoms with Crippen molar-refractivity contribution in [3.8, 4) is 11.8 Å². The number of fused-ring (bicyclic) bond motifs is 1. The highest BCUT2D eigenvalue weighted by atomic mass is 35.5. The average molecular weight is 559 g/mol. The smallest absolute Gasteiger partial charge is 0.274 e. The highest BCUT2D eigenvalue weighted by Crippen LogP contribution is 2.56. The molecule has 0 saturated heterocycles. The molecule has 0 aliphatic heterocycles. The second-order valence-corrected chi connectivity index (χ2v) is 11.2. The van der Waals surface area contributed by atoms with Gasteiger partial charge in [-0.2, -0.15) is 5.10 Å². The van der Waals surface area contributed by atoms with Gasteiger partial charge in [0.1, 0.15) is 28.5 Å². The van der Waals surface area contributed by atoms with Crippen molar-refractivity contribution < 1.29 is 14.3 Å². The van der Waals surface area contributed by atoms with Gasteiger partial charge in [0.05, 0.1) is 22.7 Å². The van der Waals surface area contributed by atoms with Crippen LogP contribution in [0.1, 0.15) is 64.9 Å². The minimum absolute atomic E-state index is 0.0556. The standard InChI is InChI=1S/C30H28ClFN6O2/c1-37-17-34-27(28(37)29(39)35-22-8-9-25(32)24(31)13-22)18-11-19-15-30(40,16-20(19)12-18)26-14-23(36-38(26)2)7-6-21-5-3-4-10-33-21/h3-5,8-10,13-14,17-20,40H,11-12,15-16H2,1-2H3,(H,35,39). The van der Waals surface area contributed by atoms with Crippen LogP contribution in [0.4, 0.5) is 10.1 Å². The molecule has 0 bridgehead atoms. The molecule has 2 atom stereocenters. The van der Waals surface area contributed by atoms with E-state index in [2.05, 4.69) is 32.2 Å². The molecule has 2 N–H and O–H groups in total. The van der Waals surface area contributed by atoms with E-state index in [0.717, 1.165) is 24.2 Å². The number of nitrogens with zero attached hydrogens (tertiary/aromatic N) is 5. The van der Waals surface area contributed by atoms with Crippen LogP contribution >= 0.6 is 11.6 Å². The molecule has 40 heavy (non-hydrogen) atoms. The van der Waals surface area contributed by atoms with Gasteiger partial charge in [0.2, 0.25) is 0 Å². The number of halogens is 2. The Labute approximate surface area is 236 Å². The fourth-order valence-corrected chi connectivity index (χ4v) is 6.59. The molecule has 3 aromatic heterocycles. The van der Waals surface area contributed by atoms with E-state index in [1.54, 1.807) is 28.8 Å². The van der Waals surface area contributed by atoms with Crippen LogP contribution in [0.5, 0.6) is 0 Å². The molecular formula is C30H28ClFN6O2. The molecule has 0 spiro atoms. The van der Waals surface area contributed by atoms with Gasteiger partial charge in [-0.1, -0.05) is 17.7 Å². The molecule has 3 heterocycles. The Balaban J connectivity index is 1.16. The lowest BCUT2D eigenvalue weighted by Gasteiger charge is -2.25. The number of imidazole rings is 1. The molecule has 1 amide bonds. The lowest BCUT2D eigenvalue weighted by molar-refractivity contribution is 0.0263. The van der Waals surface area contributed by atoms with Gasteiger partial charge >= 0.3 is 0 Å². The van der Waals surface area contributed by atoms with E-state index in [0.29, 0.717) is 47.4 Å². The van der Waals surface area contributed by atoms with Crippen molar-refractivity contribution in [2.75, 3.05) is 5.32 Å². The third-order valence-electron chi connectivity index (χ3n) is 8.13. The number of carbonyl (C=O) groups is 1. The van der Waals surface area contributed by atoms with Crippen LogP contribution in [-0.4, -0.2) is 35.3 Å². The molecule has 2 aliphatic carbocycles. The summed E-state index contributed by atoms with van der Waals surface area (Å²) in [5.41, 5.74) is 2.68. The maximum atomic E-state index is 13.6. The Kier molecular flexibility index (Phi) is 6.69.